The van der Waals surface area contributed by atoms with Gasteiger partial charge in [-0.15, -0.1) is 4.40 Å². The summed E-state index contributed by atoms with van der Waals surface area (Å²) in [7, 11) is -3.48. The minimum absolute atomic E-state index is 0.0207. The Morgan fingerprint density at radius 1 is 1.37 bits per heavy atom. The zero-order valence-corrected chi connectivity index (χ0v) is 11.7. The summed E-state index contributed by atoms with van der Waals surface area (Å²) in [6.45, 7) is 2.73. The number of benzene rings is 1. The van der Waals surface area contributed by atoms with Crippen molar-refractivity contribution in [1.29, 1.82) is 0 Å². The van der Waals surface area contributed by atoms with E-state index < -0.39 is 10.0 Å². The molecule has 1 aliphatic rings. The van der Waals surface area contributed by atoms with Gasteiger partial charge in [0.25, 0.3) is 10.0 Å². The van der Waals surface area contributed by atoms with E-state index in [4.69, 9.17) is 10.5 Å². The van der Waals surface area contributed by atoms with Crippen molar-refractivity contribution in [3.8, 4) is 5.75 Å². The molecule has 0 saturated heterocycles. The van der Waals surface area contributed by atoms with Gasteiger partial charge in [0.05, 0.1) is 17.9 Å². The average molecular weight is 282 g/mol. The quantitative estimate of drug-likeness (QED) is 0.835. The molecule has 0 radical (unpaired) electrons. The fraction of sp³-hybridized carbons (Fsp3) is 0.462. The second-order valence-corrected chi connectivity index (χ2v) is 6.18. The molecule has 0 bridgehead atoms. The van der Waals surface area contributed by atoms with Gasteiger partial charge >= 0.3 is 0 Å². The van der Waals surface area contributed by atoms with E-state index in [-0.39, 0.29) is 11.6 Å². The van der Waals surface area contributed by atoms with E-state index in [1.54, 1.807) is 18.2 Å². The van der Waals surface area contributed by atoms with Crippen molar-refractivity contribution in [2.24, 2.45) is 10.1 Å². The molecule has 2 rings (SSSR count). The van der Waals surface area contributed by atoms with Crippen LogP contribution in [0.4, 0.5) is 0 Å². The van der Waals surface area contributed by atoms with Crippen LogP contribution in [-0.4, -0.2) is 20.9 Å². The molecular formula is C13H18N2O3S. The lowest BCUT2D eigenvalue weighted by Crippen LogP contribution is -2.24. The van der Waals surface area contributed by atoms with Crippen LogP contribution in [0.3, 0.4) is 0 Å². The smallest absolute Gasteiger partial charge is 0.259 e. The Balaban J connectivity index is 2.24. The number of unbranched alkanes of at least 4 members (excludes halogenated alkanes) is 2. The Kier molecular flexibility index (Phi) is 4.09. The molecule has 0 aliphatic carbocycles. The molecule has 0 spiro atoms. The number of nitrogens with zero attached hydrogens (tertiary/aromatic N) is 1. The molecule has 1 aromatic rings. The average Bonchev–Trinajstić information content (AvgIpc) is 2.32. The van der Waals surface area contributed by atoms with Crippen molar-refractivity contribution in [2.45, 2.75) is 31.9 Å². The third-order valence-electron chi connectivity index (χ3n) is 2.95. The number of hydrogen-bond donors (Lipinski definition) is 1. The van der Waals surface area contributed by atoms with E-state index in [1.165, 1.54) is 0 Å². The van der Waals surface area contributed by atoms with Gasteiger partial charge in [0, 0.05) is 0 Å². The first-order valence-electron chi connectivity index (χ1n) is 6.36. The summed E-state index contributed by atoms with van der Waals surface area (Å²) >= 11 is 0. The minimum Gasteiger partial charge on any atom is -0.493 e. The predicted molar refractivity (Wildman–Crippen MR) is 74.8 cm³/mol. The van der Waals surface area contributed by atoms with Gasteiger partial charge in [-0.05, 0) is 18.1 Å². The summed E-state index contributed by atoms with van der Waals surface area (Å²) in [6.07, 6.45) is 3.20. The minimum atomic E-state index is -3.48. The second kappa shape index (κ2) is 5.61. The van der Waals surface area contributed by atoms with Gasteiger partial charge in [-0.25, -0.2) is 8.42 Å². The lowest BCUT2D eigenvalue weighted by molar-refractivity contribution is 0.305. The standard InChI is InChI=1S/C13H18N2O3S/c1-2-3-4-8-18-11-7-5-6-10-9-19(16,17)15-13(14)12(10)11/h5-7H,2-4,8-9H2,1H3,(H2,14,15). The molecule has 104 valence electrons. The number of nitrogens with two attached hydrogens (primary N) is 1. The Morgan fingerprint density at radius 3 is 2.89 bits per heavy atom. The van der Waals surface area contributed by atoms with Crippen molar-refractivity contribution in [3.05, 3.63) is 29.3 Å². The molecule has 0 unspecified atom stereocenters. The van der Waals surface area contributed by atoms with Crippen molar-refractivity contribution in [2.75, 3.05) is 6.61 Å². The van der Waals surface area contributed by atoms with E-state index in [9.17, 15) is 8.42 Å². The second-order valence-electron chi connectivity index (χ2n) is 4.55. The number of rotatable bonds is 5. The van der Waals surface area contributed by atoms with E-state index in [0.29, 0.717) is 23.5 Å². The van der Waals surface area contributed by atoms with Crippen LogP contribution in [0.25, 0.3) is 0 Å². The van der Waals surface area contributed by atoms with E-state index >= 15 is 0 Å². The van der Waals surface area contributed by atoms with Gasteiger partial charge in [0.15, 0.2) is 0 Å². The maximum absolute atomic E-state index is 11.5. The van der Waals surface area contributed by atoms with Crippen LogP contribution in [-0.2, 0) is 15.8 Å². The van der Waals surface area contributed by atoms with E-state index in [2.05, 4.69) is 11.3 Å². The zero-order valence-electron chi connectivity index (χ0n) is 10.9. The van der Waals surface area contributed by atoms with Crippen molar-refractivity contribution >= 4 is 15.9 Å². The summed E-state index contributed by atoms with van der Waals surface area (Å²) in [5.74, 6) is 0.520. The Morgan fingerprint density at radius 2 is 2.16 bits per heavy atom. The van der Waals surface area contributed by atoms with Crippen molar-refractivity contribution in [1.82, 2.24) is 0 Å². The lowest BCUT2D eigenvalue weighted by Gasteiger charge is -2.18. The summed E-state index contributed by atoms with van der Waals surface area (Å²) in [4.78, 5) is 0. The molecule has 0 atom stereocenters. The molecule has 1 aromatic carbocycles. The maximum atomic E-state index is 11.5. The highest BCUT2D eigenvalue weighted by atomic mass is 32.2. The van der Waals surface area contributed by atoms with Crippen LogP contribution >= 0.6 is 0 Å². The fourth-order valence-corrected chi connectivity index (χ4v) is 3.16. The normalized spacial score (nSPS) is 16.6. The number of fused-ring (bicyclic) bond motifs is 1. The molecule has 1 heterocycles. The largest absolute Gasteiger partial charge is 0.493 e. The maximum Gasteiger partial charge on any atom is 0.259 e. The van der Waals surface area contributed by atoms with Gasteiger partial charge in [0.2, 0.25) is 0 Å². The molecule has 6 heteroatoms. The highest BCUT2D eigenvalue weighted by Crippen LogP contribution is 2.28. The summed E-state index contributed by atoms with van der Waals surface area (Å²) in [6, 6.07) is 5.32. The number of hydrogen-bond acceptors (Lipinski definition) is 4. The molecule has 5 nitrogen and oxygen atoms in total. The molecular weight excluding hydrogens is 264 g/mol. The van der Waals surface area contributed by atoms with Crippen LogP contribution in [0.5, 0.6) is 5.75 Å². The van der Waals surface area contributed by atoms with Gasteiger partial charge < -0.3 is 10.5 Å². The van der Waals surface area contributed by atoms with Crippen LogP contribution in [0, 0.1) is 0 Å². The molecule has 0 saturated carbocycles. The summed E-state index contributed by atoms with van der Waals surface area (Å²) in [5.41, 5.74) is 7.02. The third kappa shape index (κ3) is 3.26. The summed E-state index contributed by atoms with van der Waals surface area (Å²) in [5, 5.41) is 0. The first kappa shape index (κ1) is 13.9. The number of amidine groups is 1. The Labute approximate surface area is 113 Å². The lowest BCUT2D eigenvalue weighted by atomic mass is 10.1. The third-order valence-corrected chi connectivity index (χ3v) is 4.10. The monoisotopic (exact) mass is 282 g/mol. The van der Waals surface area contributed by atoms with E-state index in [0.717, 1.165) is 19.3 Å². The van der Waals surface area contributed by atoms with Gasteiger partial charge in [0.1, 0.15) is 11.6 Å². The topological polar surface area (TPSA) is 81.8 Å². The Bertz CT molecular complexity index is 594. The van der Waals surface area contributed by atoms with Crippen molar-refractivity contribution < 1.29 is 13.2 Å². The predicted octanol–water partition coefficient (Wildman–Crippen LogP) is 1.80. The molecule has 0 aromatic heterocycles. The van der Waals surface area contributed by atoms with Gasteiger partial charge in [-0.2, -0.15) is 0 Å². The van der Waals surface area contributed by atoms with Gasteiger partial charge in [-0.3, -0.25) is 0 Å². The molecule has 19 heavy (non-hydrogen) atoms. The first-order chi connectivity index (χ1) is 9.03. The SMILES string of the molecule is CCCCCOc1cccc2c1C(N)=NS(=O)(=O)C2. The highest BCUT2D eigenvalue weighted by molar-refractivity contribution is 7.89. The molecule has 0 amide bonds. The number of ether oxygens (including phenoxy) is 1. The van der Waals surface area contributed by atoms with Crippen LogP contribution in [0.15, 0.2) is 22.6 Å². The van der Waals surface area contributed by atoms with Gasteiger partial charge in [-0.1, -0.05) is 31.9 Å². The Hall–Kier alpha value is -1.56. The fourth-order valence-electron chi connectivity index (χ4n) is 2.07. The highest BCUT2D eigenvalue weighted by Gasteiger charge is 2.24. The zero-order chi connectivity index (χ0) is 13.9. The van der Waals surface area contributed by atoms with Crippen LogP contribution < -0.4 is 10.5 Å². The van der Waals surface area contributed by atoms with Crippen LogP contribution in [0.2, 0.25) is 0 Å². The van der Waals surface area contributed by atoms with Crippen LogP contribution in [0.1, 0.15) is 37.3 Å². The number of sulfonamides is 1. The van der Waals surface area contributed by atoms with Crippen molar-refractivity contribution in [3.63, 3.8) is 0 Å². The summed E-state index contributed by atoms with van der Waals surface area (Å²) < 4.78 is 32.3. The molecule has 2 N–H and O–H groups in total. The molecule has 0 fully saturated rings. The first-order valence-corrected chi connectivity index (χ1v) is 7.97. The molecule has 1 aliphatic heterocycles. The van der Waals surface area contributed by atoms with E-state index in [1.807, 2.05) is 0 Å².